The molecule has 4 aliphatic heterocycles. The lowest BCUT2D eigenvalue weighted by molar-refractivity contribution is -0.150. The number of carbonyl (C=O) groups is 2. The molecular weight excluding hydrogens is 601 g/mol. The number of amides is 2. The summed E-state index contributed by atoms with van der Waals surface area (Å²) in [6.45, 7) is 8.60. The highest BCUT2D eigenvalue weighted by Crippen LogP contribution is 2.43. The van der Waals surface area contributed by atoms with Crippen molar-refractivity contribution < 1.29 is 28.5 Å². The maximum absolute atomic E-state index is 14.3. The van der Waals surface area contributed by atoms with Gasteiger partial charge < -0.3 is 28.7 Å². The fourth-order valence-corrected chi connectivity index (χ4v) is 8.39. The number of thiazole rings is 2. The average Bonchev–Trinajstić information content (AvgIpc) is 3.89. The number of hydrogen-bond acceptors (Lipinski definition) is 10. The lowest BCUT2D eigenvalue weighted by Gasteiger charge is -2.29. The SMILES string of the molecule is CC1(c2ncc(-c3cc(C(=O)N4CCCCC4)c(-c4cnc(C5(C)OCCO5)s4)cc3C(=O)N3CCCCC3)s2)OCCO1. The highest BCUT2D eigenvalue weighted by atomic mass is 32.1. The van der Waals surface area contributed by atoms with Crippen molar-refractivity contribution >= 4 is 34.5 Å². The van der Waals surface area contributed by atoms with Gasteiger partial charge in [0.05, 0.1) is 36.2 Å². The third-order valence-corrected chi connectivity index (χ3v) is 11.3. The maximum Gasteiger partial charge on any atom is 0.254 e. The van der Waals surface area contributed by atoms with Crippen LogP contribution in [0.5, 0.6) is 0 Å². The minimum Gasteiger partial charge on any atom is -0.342 e. The van der Waals surface area contributed by atoms with Crippen LogP contribution < -0.4 is 0 Å². The van der Waals surface area contributed by atoms with Crippen LogP contribution >= 0.6 is 22.7 Å². The first kappa shape index (κ1) is 29.9. The highest BCUT2D eigenvalue weighted by Gasteiger charge is 2.38. The van der Waals surface area contributed by atoms with Crippen molar-refractivity contribution in [3.8, 4) is 20.9 Å². The predicted octanol–water partition coefficient (Wildman–Crippen LogP) is 5.62. The smallest absolute Gasteiger partial charge is 0.254 e. The number of nitrogens with zero attached hydrogens (tertiary/aromatic N) is 4. The molecule has 10 nitrogen and oxygen atoms in total. The van der Waals surface area contributed by atoms with Gasteiger partial charge in [0.2, 0.25) is 11.6 Å². The number of benzene rings is 1. The molecule has 6 heterocycles. The first-order chi connectivity index (χ1) is 21.3. The number of likely N-dealkylation sites (tertiary alicyclic amines) is 2. The van der Waals surface area contributed by atoms with Gasteiger partial charge in [-0.05, 0) is 64.5 Å². The zero-order valence-corrected chi connectivity index (χ0v) is 26.9. The van der Waals surface area contributed by atoms with Crippen molar-refractivity contribution in [2.45, 2.75) is 63.9 Å². The summed E-state index contributed by atoms with van der Waals surface area (Å²) < 4.78 is 23.5. The third kappa shape index (κ3) is 5.60. The van der Waals surface area contributed by atoms with Crippen LogP contribution in [0.1, 0.15) is 83.1 Å². The van der Waals surface area contributed by atoms with Gasteiger partial charge in [0.25, 0.3) is 11.8 Å². The summed E-state index contributed by atoms with van der Waals surface area (Å²) in [6.07, 6.45) is 9.70. The molecule has 4 aliphatic rings. The summed E-state index contributed by atoms with van der Waals surface area (Å²) in [5, 5.41) is 1.37. The molecule has 0 unspecified atom stereocenters. The topological polar surface area (TPSA) is 103 Å². The van der Waals surface area contributed by atoms with Crippen LogP contribution in [0.3, 0.4) is 0 Å². The summed E-state index contributed by atoms with van der Waals surface area (Å²) in [6, 6.07) is 3.81. The van der Waals surface area contributed by atoms with E-state index >= 15 is 0 Å². The van der Waals surface area contributed by atoms with E-state index in [4.69, 9.17) is 18.9 Å². The maximum atomic E-state index is 14.3. The van der Waals surface area contributed by atoms with Gasteiger partial charge in [-0.15, -0.1) is 22.7 Å². The molecule has 1 aromatic carbocycles. The lowest BCUT2D eigenvalue weighted by Crippen LogP contribution is -2.37. The van der Waals surface area contributed by atoms with E-state index in [1.54, 1.807) is 12.4 Å². The van der Waals surface area contributed by atoms with Crippen LogP contribution in [-0.2, 0) is 30.5 Å². The van der Waals surface area contributed by atoms with E-state index < -0.39 is 11.6 Å². The molecule has 12 heteroatoms. The Hall–Kier alpha value is -2.74. The Labute approximate surface area is 265 Å². The van der Waals surface area contributed by atoms with Crippen molar-refractivity contribution in [3.05, 3.63) is 45.7 Å². The van der Waals surface area contributed by atoms with E-state index in [0.29, 0.717) is 84.9 Å². The van der Waals surface area contributed by atoms with Crippen LogP contribution in [0.15, 0.2) is 24.5 Å². The first-order valence-electron chi connectivity index (χ1n) is 15.6. The lowest BCUT2D eigenvalue weighted by atomic mass is 9.94. The minimum absolute atomic E-state index is 0.0355. The van der Waals surface area contributed by atoms with E-state index in [-0.39, 0.29) is 11.8 Å². The Morgan fingerprint density at radius 3 is 1.36 bits per heavy atom. The van der Waals surface area contributed by atoms with Crippen LogP contribution in [0.2, 0.25) is 0 Å². The summed E-state index contributed by atoms with van der Waals surface area (Å²) >= 11 is 2.88. The molecule has 2 amide bonds. The van der Waals surface area contributed by atoms with Crippen molar-refractivity contribution in [2.24, 2.45) is 0 Å². The molecular formula is C32H38N4O6S2. The molecule has 4 saturated heterocycles. The van der Waals surface area contributed by atoms with Gasteiger partial charge >= 0.3 is 0 Å². The summed E-state index contributed by atoms with van der Waals surface area (Å²) in [5.41, 5.74) is 2.52. The van der Waals surface area contributed by atoms with Gasteiger partial charge in [-0.1, -0.05) is 0 Å². The van der Waals surface area contributed by atoms with E-state index in [2.05, 4.69) is 9.97 Å². The molecule has 0 radical (unpaired) electrons. The number of hydrogen-bond donors (Lipinski definition) is 0. The zero-order chi connectivity index (χ0) is 30.3. The molecule has 0 spiro atoms. The monoisotopic (exact) mass is 638 g/mol. The Balaban J connectivity index is 1.38. The second kappa shape index (κ2) is 12.2. The van der Waals surface area contributed by atoms with Crippen molar-refractivity contribution in [1.82, 2.24) is 19.8 Å². The van der Waals surface area contributed by atoms with Crippen LogP contribution in [0, 0.1) is 0 Å². The van der Waals surface area contributed by atoms with E-state index in [1.807, 2.05) is 35.8 Å². The van der Waals surface area contributed by atoms with Crippen LogP contribution in [-0.4, -0.2) is 84.2 Å². The molecule has 234 valence electrons. The average molecular weight is 639 g/mol. The van der Waals surface area contributed by atoms with Gasteiger partial charge in [0.1, 0.15) is 0 Å². The van der Waals surface area contributed by atoms with Gasteiger partial charge in [0.15, 0.2) is 10.0 Å². The van der Waals surface area contributed by atoms with E-state index in [9.17, 15) is 9.59 Å². The summed E-state index contributed by atoms with van der Waals surface area (Å²) in [7, 11) is 0. The molecule has 0 aliphatic carbocycles. The van der Waals surface area contributed by atoms with Gasteiger partial charge in [-0.25, -0.2) is 9.97 Å². The number of ether oxygens (including phenoxy) is 4. The first-order valence-corrected chi connectivity index (χ1v) is 17.2. The molecule has 0 bridgehead atoms. The van der Waals surface area contributed by atoms with Crippen molar-refractivity contribution in [3.63, 3.8) is 0 Å². The number of carbonyl (C=O) groups excluding carboxylic acids is 2. The molecule has 0 atom stereocenters. The molecule has 3 aromatic rings. The summed E-state index contributed by atoms with van der Waals surface area (Å²) in [5.74, 6) is -1.92. The fraction of sp³-hybridized carbons (Fsp3) is 0.562. The van der Waals surface area contributed by atoms with Crippen molar-refractivity contribution in [2.75, 3.05) is 52.6 Å². The predicted molar refractivity (Wildman–Crippen MR) is 167 cm³/mol. The normalized spacial score (nSPS) is 21.6. The van der Waals surface area contributed by atoms with Crippen LogP contribution in [0.4, 0.5) is 0 Å². The second-order valence-corrected chi connectivity index (χ2v) is 14.1. The van der Waals surface area contributed by atoms with Crippen molar-refractivity contribution in [1.29, 1.82) is 0 Å². The Kier molecular flexibility index (Phi) is 8.32. The molecule has 0 N–H and O–H groups in total. The van der Waals surface area contributed by atoms with E-state index in [1.165, 1.54) is 22.7 Å². The minimum atomic E-state index is -0.925. The standard InChI is InChI=1S/C32H38N4O6S2/c1-31(39-13-14-40-31)29-33-19-25(43-29)21-17-24(28(38)36-11-7-4-8-12-36)22(18-23(21)27(37)35-9-5-3-6-10-35)26-20-34-30(44-26)32(2)41-15-16-42-32/h17-20H,3-16H2,1-2H3. The molecule has 4 fully saturated rings. The Bertz CT molecular complexity index is 1410. The quantitative estimate of drug-likeness (QED) is 0.343. The highest BCUT2D eigenvalue weighted by molar-refractivity contribution is 7.15. The van der Waals surface area contributed by atoms with Gasteiger partial charge in [-0.2, -0.15) is 0 Å². The number of piperidine rings is 2. The van der Waals surface area contributed by atoms with E-state index in [0.717, 1.165) is 48.3 Å². The number of rotatable bonds is 6. The zero-order valence-electron chi connectivity index (χ0n) is 25.3. The summed E-state index contributed by atoms with van der Waals surface area (Å²) in [4.78, 5) is 43.3. The largest absolute Gasteiger partial charge is 0.342 e. The third-order valence-electron chi connectivity index (χ3n) is 8.90. The second-order valence-electron chi connectivity index (χ2n) is 12.0. The molecule has 0 saturated carbocycles. The van der Waals surface area contributed by atoms with Gasteiger partial charge in [-0.3, -0.25) is 9.59 Å². The molecule has 7 rings (SSSR count). The Morgan fingerprint density at radius 1 is 0.636 bits per heavy atom. The number of aromatic nitrogens is 2. The fourth-order valence-electron chi connectivity index (χ4n) is 6.39. The van der Waals surface area contributed by atoms with Gasteiger partial charge in [0, 0.05) is 60.8 Å². The molecule has 2 aromatic heterocycles. The van der Waals surface area contributed by atoms with Crippen LogP contribution in [0.25, 0.3) is 20.9 Å². The molecule has 44 heavy (non-hydrogen) atoms. The Morgan fingerprint density at radius 2 is 1.00 bits per heavy atom.